The van der Waals surface area contributed by atoms with E-state index in [-0.39, 0.29) is 11.7 Å². The highest BCUT2D eigenvalue weighted by Gasteiger charge is 2.54. The second-order valence-electron chi connectivity index (χ2n) is 7.37. The lowest BCUT2D eigenvalue weighted by Gasteiger charge is -2.31. The first kappa shape index (κ1) is 13.4. The van der Waals surface area contributed by atoms with Crippen molar-refractivity contribution in [2.75, 3.05) is 0 Å². The monoisotopic (exact) mass is 264 g/mol. The summed E-state index contributed by atoms with van der Waals surface area (Å²) in [4.78, 5) is 15.2. The molecule has 108 valence electrons. The number of hydrogen-bond donors (Lipinski definition) is 1. The molecule has 0 bridgehead atoms. The molecule has 0 aromatic rings. The van der Waals surface area contributed by atoms with Crippen LogP contribution in [0, 0.1) is 11.8 Å². The Morgan fingerprint density at radius 2 is 1.89 bits per heavy atom. The first-order valence-electron chi connectivity index (χ1n) is 8.14. The van der Waals surface area contributed by atoms with Gasteiger partial charge in [0.1, 0.15) is 0 Å². The highest BCUT2D eigenvalue weighted by atomic mass is 16.2. The van der Waals surface area contributed by atoms with E-state index < -0.39 is 0 Å². The third kappa shape index (κ3) is 2.31. The number of hydrogen-bond acceptors (Lipinski definition) is 2. The molecule has 1 spiro atoms. The Morgan fingerprint density at radius 1 is 1.26 bits per heavy atom. The van der Waals surface area contributed by atoms with Crippen LogP contribution in [0.3, 0.4) is 0 Å². The maximum Gasteiger partial charge on any atom is 0.244 e. The molecule has 1 N–H and O–H groups in total. The van der Waals surface area contributed by atoms with Gasteiger partial charge in [0.25, 0.3) is 0 Å². The molecule has 3 nitrogen and oxygen atoms in total. The number of rotatable bonds is 4. The number of nitrogens with zero attached hydrogens (tertiary/aromatic N) is 1. The zero-order valence-electron chi connectivity index (χ0n) is 12.6. The quantitative estimate of drug-likeness (QED) is 0.847. The molecule has 19 heavy (non-hydrogen) atoms. The number of carbonyl (C=O) groups excluding carboxylic acids is 1. The van der Waals surface area contributed by atoms with Crippen molar-refractivity contribution in [3.63, 3.8) is 0 Å². The van der Waals surface area contributed by atoms with E-state index >= 15 is 0 Å². The van der Waals surface area contributed by atoms with E-state index in [0.29, 0.717) is 17.9 Å². The second-order valence-corrected chi connectivity index (χ2v) is 7.37. The maximum absolute atomic E-state index is 13.0. The first-order valence-corrected chi connectivity index (χ1v) is 8.14. The Morgan fingerprint density at radius 3 is 2.42 bits per heavy atom. The van der Waals surface area contributed by atoms with Crippen molar-refractivity contribution >= 4 is 5.91 Å². The lowest BCUT2D eigenvalue weighted by atomic mass is 9.97. The molecule has 1 heterocycles. The van der Waals surface area contributed by atoms with E-state index in [1.165, 1.54) is 25.7 Å². The van der Waals surface area contributed by atoms with E-state index in [2.05, 4.69) is 31.0 Å². The van der Waals surface area contributed by atoms with Crippen LogP contribution in [0.2, 0.25) is 0 Å². The molecule has 2 atom stereocenters. The molecule has 2 saturated carbocycles. The molecular weight excluding hydrogens is 236 g/mol. The lowest BCUT2D eigenvalue weighted by molar-refractivity contribution is -0.135. The summed E-state index contributed by atoms with van der Waals surface area (Å²) in [7, 11) is 0. The molecule has 2 unspecified atom stereocenters. The smallest absolute Gasteiger partial charge is 0.244 e. The van der Waals surface area contributed by atoms with Gasteiger partial charge < -0.3 is 4.90 Å². The molecule has 1 aliphatic heterocycles. The summed E-state index contributed by atoms with van der Waals surface area (Å²) in [6, 6.07) is 0.434. The fourth-order valence-electron chi connectivity index (χ4n) is 4.07. The highest BCUT2D eigenvalue weighted by Crippen LogP contribution is 2.43. The van der Waals surface area contributed by atoms with Gasteiger partial charge in [-0.2, -0.15) is 0 Å². The van der Waals surface area contributed by atoms with Gasteiger partial charge in [-0.1, -0.05) is 26.7 Å². The fourth-order valence-corrected chi connectivity index (χ4v) is 4.07. The van der Waals surface area contributed by atoms with Crippen LogP contribution in [0.4, 0.5) is 0 Å². The van der Waals surface area contributed by atoms with Crippen LogP contribution in [0.5, 0.6) is 0 Å². The molecule has 1 saturated heterocycles. The Bertz CT molecular complexity index is 356. The van der Waals surface area contributed by atoms with E-state index in [0.717, 1.165) is 25.2 Å². The van der Waals surface area contributed by atoms with Gasteiger partial charge >= 0.3 is 0 Å². The molecule has 3 heteroatoms. The third-order valence-corrected chi connectivity index (χ3v) is 5.32. The van der Waals surface area contributed by atoms with E-state index in [9.17, 15) is 4.79 Å². The van der Waals surface area contributed by atoms with Gasteiger partial charge in [0.15, 0.2) is 0 Å². The predicted molar refractivity (Wildman–Crippen MR) is 76.6 cm³/mol. The number of nitrogens with one attached hydrogen (secondary N) is 1. The van der Waals surface area contributed by atoms with Crippen molar-refractivity contribution in [3.05, 3.63) is 0 Å². The summed E-state index contributed by atoms with van der Waals surface area (Å²) in [5.41, 5.74) is -0.192. The zero-order chi connectivity index (χ0) is 13.6. The van der Waals surface area contributed by atoms with Crippen molar-refractivity contribution in [2.24, 2.45) is 11.8 Å². The van der Waals surface area contributed by atoms with Crippen molar-refractivity contribution in [3.8, 4) is 0 Å². The van der Waals surface area contributed by atoms with Gasteiger partial charge in [-0.25, -0.2) is 0 Å². The van der Waals surface area contributed by atoms with E-state index in [1.807, 2.05) is 0 Å². The van der Waals surface area contributed by atoms with E-state index in [1.54, 1.807) is 0 Å². The first-order chi connectivity index (χ1) is 9.03. The predicted octanol–water partition coefficient (Wildman–Crippen LogP) is 2.90. The normalized spacial score (nSPS) is 31.7. The summed E-state index contributed by atoms with van der Waals surface area (Å²) in [6.07, 6.45) is 8.50. The molecular formula is C16H28N2O. The Balaban J connectivity index is 1.82. The maximum atomic E-state index is 13.0. The number of amides is 1. The van der Waals surface area contributed by atoms with Crippen molar-refractivity contribution in [1.29, 1.82) is 0 Å². The standard InChI is InChI=1S/C16H28N2O/c1-11(2)10-14-17-16(8-4-5-9-16)15(19)18(14)12(3)13-6-7-13/h11-14,17H,4-10H2,1-3H3. The van der Waals surface area contributed by atoms with Gasteiger partial charge in [-0.15, -0.1) is 0 Å². The summed E-state index contributed by atoms with van der Waals surface area (Å²) >= 11 is 0. The zero-order valence-corrected chi connectivity index (χ0v) is 12.6. The van der Waals surface area contributed by atoms with E-state index in [4.69, 9.17) is 0 Å². The minimum absolute atomic E-state index is 0.192. The Hall–Kier alpha value is -0.570. The molecule has 1 amide bonds. The molecule has 3 rings (SSSR count). The average molecular weight is 264 g/mol. The van der Waals surface area contributed by atoms with Crippen LogP contribution in [0.15, 0.2) is 0 Å². The summed E-state index contributed by atoms with van der Waals surface area (Å²) in [5.74, 6) is 1.81. The van der Waals surface area contributed by atoms with Crippen LogP contribution >= 0.6 is 0 Å². The SMILES string of the molecule is CC(C)CC1NC2(CCCC2)C(=O)N1C(C)C1CC1. The molecule has 3 aliphatic rings. The van der Waals surface area contributed by atoms with Crippen LogP contribution in [0.1, 0.15) is 65.7 Å². The summed E-state index contributed by atoms with van der Waals surface area (Å²) in [5, 5.41) is 3.74. The van der Waals surface area contributed by atoms with Crippen molar-refractivity contribution in [1.82, 2.24) is 10.2 Å². The largest absolute Gasteiger partial charge is 0.323 e. The Labute approximate surface area is 117 Å². The van der Waals surface area contributed by atoms with Crippen molar-refractivity contribution < 1.29 is 4.79 Å². The summed E-state index contributed by atoms with van der Waals surface area (Å²) in [6.45, 7) is 6.77. The van der Waals surface area contributed by atoms with Gasteiger partial charge in [-0.3, -0.25) is 10.1 Å². The van der Waals surface area contributed by atoms with Crippen LogP contribution in [0.25, 0.3) is 0 Å². The topological polar surface area (TPSA) is 32.3 Å². The van der Waals surface area contributed by atoms with Crippen molar-refractivity contribution in [2.45, 2.75) is 83.5 Å². The molecule has 3 fully saturated rings. The van der Waals surface area contributed by atoms with Gasteiger partial charge in [0.05, 0.1) is 11.7 Å². The second kappa shape index (κ2) is 4.76. The molecule has 2 aliphatic carbocycles. The molecule has 0 aromatic carbocycles. The van der Waals surface area contributed by atoms with Gasteiger partial charge in [-0.05, 0) is 50.9 Å². The molecule has 0 radical (unpaired) electrons. The number of carbonyl (C=O) groups is 1. The van der Waals surface area contributed by atoms with Crippen LogP contribution < -0.4 is 5.32 Å². The molecule has 0 aromatic heterocycles. The van der Waals surface area contributed by atoms with Crippen LogP contribution in [-0.2, 0) is 4.79 Å². The van der Waals surface area contributed by atoms with Gasteiger partial charge in [0.2, 0.25) is 5.91 Å². The van der Waals surface area contributed by atoms with Gasteiger partial charge in [0, 0.05) is 6.04 Å². The highest BCUT2D eigenvalue weighted by molar-refractivity contribution is 5.89. The minimum Gasteiger partial charge on any atom is -0.323 e. The van der Waals surface area contributed by atoms with Crippen LogP contribution in [-0.4, -0.2) is 28.6 Å². The summed E-state index contributed by atoms with van der Waals surface area (Å²) < 4.78 is 0. The minimum atomic E-state index is -0.192. The average Bonchev–Trinajstić information content (AvgIpc) is 3.03. The third-order valence-electron chi connectivity index (χ3n) is 5.32. The Kier molecular flexibility index (Phi) is 3.36. The lowest BCUT2D eigenvalue weighted by Crippen LogP contribution is -2.45. The fraction of sp³-hybridized carbons (Fsp3) is 0.938.